The van der Waals surface area contributed by atoms with Crippen molar-refractivity contribution in [3.05, 3.63) is 36.0 Å². The normalized spacial score (nSPS) is 10.7. The summed E-state index contributed by atoms with van der Waals surface area (Å²) in [5.41, 5.74) is 1.24. The maximum atomic E-state index is 13.1. The van der Waals surface area contributed by atoms with E-state index in [-0.39, 0.29) is 0 Å². The van der Waals surface area contributed by atoms with E-state index in [9.17, 15) is 8.78 Å². The molecule has 2 nitrogen and oxygen atoms in total. The second kappa shape index (κ2) is 4.43. The van der Waals surface area contributed by atoms with Gasteiger partial charge in [0.05, 0.1) is 5.52 Å². The van der Waals surface area contributed by atoms with Crippen LogP contribution in [0.15, 0.2) is 24.4 Å². The molecule has 84 valence electrons. The van der Waals surface area contributed by atoms with Gasteiger partial charge in [0, 0.05) is 29.9 Å². The third-order valence-electron chi connectivity index (χ3n) is 2.35. The van der Waals surface area contributed by atoms with Gasteiger partial charge in [0.1, 0.15) is 0 Å². The van der Waals surface area contributed by atoms with Gasteiger partial charge >= 0.3 is 0 Å². The Morgan fingerprint density at radius 3 is 2.75 bits per heavy atom. The maximum absolute atomic E-state index is 13.1. The van der Waals surface area contributed by atoms with Crippen LogP contribution in [0, 0.1) is 11.6 Å². The van der Waals surface area contributed by atoms with Gasteiger partial charge in [-0.15, -0.1) is 0 Å². The fourth-order valence-corrected chi connectivity index (χ4v) is 1.55. The Hall–Kier alpha value is -1.71. The summed E-state index contributed by atoms with van der Waals surface area (Å²) >= 11 is 0. The highest BCUT2D eigenvalue weighted by molar-refractivity contribution is 5.91. The van der Waals surface area contributed by atoms with Crippen molar-refractivity contribution in [3.8, 4) is 0 Å². The Kier molecular flexibility index (Phi) is 2.99. The number of anilines is 1. The first-order chi connectivity index (χ1) is 7.72. The Morgan fingerprint density at radius 1 is 1.25 bits per heavy atom. The number of nitrogens with one attached hydrogen (secondary N) is 1. The molecule has 0 spiro atoms. The van der Waals surface area contributed by atoms with E-state index in [4.69, 9.17) is 0 Å². The number of rotatable bonds is 3. The SMILES string of the molecule is CCCNc1ccnc2cc(F)c(F)cc12. The minimum absolute atomic E-state index is 0.458. The standard InChI is InChI=1S/C12H12F2N2/c1-2-4-15-11-3-5-16-12-7-10(14)9(13)6-8(11)12/h3,5-7H,2,4H2,1H3,(H,15,16). The zero-order chi connectivity index (χ0) is 11.5. The van der Waals surface area contributed by atoms with E-state index in [2.05, 4.69) is 10.3 Å². The Bertz CT molecular complexity index is 512. The second-order valence-corrected chi connectivity index (χ2v) is 3.57. The van der Waals surface area contributed by atoms with Gasteiger partial charge in [0.2, 0.25) is 0 Å². The third-order valence-corrected chi connectivity index (χ3v) is 2.35. The molecule has 1 heterocycles. The Balaban J connectivity index is 2.53. The first-order valence-corrected chi connectivity index (χ1v) is 5.20. The number of aromatic nitrogens is 1. The van der Waals surface area contributed by atoms with Crippen molar-refractivity contribution >= 4 is 16.6 Å². The molecular formula is C12H12F2N2. The van der Waals surface area contributed by atoms with Gasteiger partial charge in [0.25, 0.3) is 0 Å². The van der Waals surface area contributed by atoms with Crippen LogP contribution in [0.5, 0.6) is 0 Å². The van der Waals surface area contributed by atoms with Gasteiger partial charge in [0.15, 0.2) is 11.6 Å². The molecule has 0 aliphatic carbocycles. The minimum Gasteiger partial charge on any atom is -0.384 e. The van der Waals surface area contributed by atoms with Gasteiger partial charge in [-0.3, -0.25) is 4.98 Å². The summed E-state index contributed by atoms with van der Waals surface area (Å²) in [4.78, 5) is 4.01. The maximum Gasteiger partial charge on any atom is 0.161 e. The first-order valence-electron chi connectivity index (χ1n) is 5.20. The summed E-state index contributed by atoms with van der Waals surface area (Å²) in [7, 11) is 0. The molecule has 0 amide bonds. The lowest BCUT2D eigenvalue weighted by Gasteiger charge is -2.08. The number of pyridine rings is 1. The van der Waals surface area contributed by atoms with Crippen molar-refractivity contribution in [2.45, 2.75) is 13.3 Å². The number of fused-ring (bicyclic) bond motifs is 1. The summed E-state index contributed by atoms with van der Waals surface area (Å²) in [6, 6.07) is 4.05. The van der Waals surface area contributed by atoms with Crippen LogP contribution in [0.3, 0.4) is 0 Å². The van der Waals surface area contributed by atoms with Gasteiger partial charge in [-0.05, 0) is 18.6 Å². The Morgan fingerprint density at radius 2 is 2.00 bits per heavy atom. The van der Waals surface area contributed by atoms with Crippen LogP contribution in [0.25, 0.3) is 10.9 Å². The molecule has 1 N–H and O–H groups in total. The van der Waals surface area contributed by atoms with Gasteiger partial charge < -0.3 is 5.32 Å². The van der Waals surface area contributed by atoms with Crippen LogP contribution < -0.4 is 5.32 Å². The van der Waals surface area contributed by atoms with E-state index in [0.717, 1.165) is 24.7 Å². The minimum atomic E-state index is -0.868. The zero-order valence-electron chi connectivity index (χ0n) is 8.93. The molecule has 1 aromatic carbocycles. The lowest BCUT2D eigenvalue weighted by molar-refractivity contribution is 0.510. The van der Waals surface area contributed by atoms with E-state index < -0.39 is 11.6 Å². The van der Waals surface area contributed by atoms with Crippen molar-refractivity contribution in [2.24, 2.45) is 0 Å². The van der Waals surface area contributed by atoms with Crippen LogP contribution >= 0.6 is 0 Å². The van der Waals surface area contributed by atoms with Crippen LogP contribution in [-0.4, -0.2) is 11.5 Å². The average molecular weight is 222 g/mol. The quantitative estimate of drug-likeness (QED) is 0.861. The largest absolute Gasteiger partial charge is 0.384 e. The molecule has 0 fully saturated rings. The van der Waals surface area contributed by atoms with Crippen molar-refractivity contribution in [1.82, 2.24) is 4.98 Å². The first kappa shape index (κ1) is 10.8. The average Bonchev–Trinajstić information content (AvgIpc) is 2.28. The highest BCUT2D eigenvalue weighted by Crippen LogP contribution is 2.23. The number of halogens is 2. The van der Waals surface area contributed by atoms with E-state index in [1.807, 2.05) is 6.92 Å². The molecule has 0 atom stereocenters. The second-order valence-electron chi connectivity index (χ2n) is 3.57. The molecule has 0 aliphatic rings. The molecule has 2 rings (SSSR count). The summed E-state index contributed by atoms with van der Waals surface area (Å²) in [6.07, 6.45) is 2.55. The predicted molar refractivity (Wildman–Crippen MR) is 60.4 cm³/mol. The van der Waals surface area contributed by atoms with Gasteiger partial charge in [-0.2, -0.15) is 0 Å². The molecule has 0 bridgehead atoms. The number of hydrogen-bond donors (Lipinski definition) is 1. The summed E-state index contributed by atoms with van der Waals surface area (Å²) < 4.78 is 26.1. The smallest absolute Gasteiger partial charge is 0.161 e. The molecule has 16 heavy (non-hydrogen) atoms. The van der Waals surface area contributed by atoms with Crippen LogP contribution in [0.1, 0.15) is 13.3 Å². The number of benzene rings is 1. The third kappa shape index (κ3) is 1.96. The van der Waals surface area contributed by atoms with E-state index in [1.54, 1.807) is 12.3 Å². The van der Waals surface area contributed by atoms with Gasteiger partial charge in [-0.25, -0.2) is 8.78 Å². The summed E-state index contributed by atoms with van der Waals surface area (Å²) in [6.45, 7) is 2.83. The van der Waals surface area contributed by atoms with Crippen LogP contribution in [0.2, 0.25) is 0 Å². The summed E-state index contributed by atoms with van der Waals surface area (Å²) in [5.74, 6) is -1.72. The molecule has 2 aromatic rings. The van der Waals surface area contributed by atoms with Crippen molar-refractivity contribution in [3.63, 3.8) is 0 Å². The van der Waals surface area contributed by atoms with E-state index in [1.165, 1.54) is 6.07 Å². The molecule has 0 unspecified atom stereocenters. The molecular weight excluding hydrogens is 210 g/mol. The van der Waals surface area contributed by atoms with Crippen LogP contribution in [-0.2, 0) is 0 Å². The molecule has 0 aliphatic heterocycles. The highest BCUT2D eigenvalue weighted by Gasteiger charge is 2.07. The van der Waals surface area contributed by atoms with Crippen molar-refractivity contribution in [2.75, 3.05) is 11.9 Å². The van der Waals surface area contributed by atoms with Gasteiger partial charge in [-0.1, -0.05) is 6.92 Å². The molecule has 0 saturated heterocycles. The Labute approximate surface area is 92.3 Å². The highest BCUT2D eigenvalue weighted by atomic mass is 19.2. The topological polar surface area (TPSA) is 24.9 Å². The van der Waals surface area contributed by atoms with Crippen molar-refractivity contribution in [1.29, 1.82) is 0 Å². The fourth-order valence-electron chi connectivity index (χ4n) is 1.55. The predicted octanol–water partition coefficient (Wildman–Crippen LogP) is 3.33. The monoisotopic (exact) mass is 222 g/mol. The fraction of sp³-hybridized carbons (Fsp3) is 0.250. The number of nitrogens with zero attached hydrogens (tertiary/aromatic N) is 1. The summed E-state index contributed by atoms with van der Waals surface area (Å²) in [5, 5.41) is 3.76. The van der Waals surface area contributed by atoms with Crippen LogP contribution in [0.4, 0.5) is 14.5 Å². The number of hydrogen-bond acceptors (Lipinski definition) is 2. The zero-order valence-corrected chi connectivity index (χ0v) is 8.93. The van der Waals surface area contributed by atoms with E-state index >= 15 is 0 Å². The molecule has 0 saturated carbocycles. The van der Waals surface area contributed by atoms with Crippen molar-refractivity contribution < 1.29 is 8.78 Å². The lowest BCUT2D eigenvalue weighted by Crippen LogP contribution is -2.01. The van der Waals surface area contributed by atoms with E-state index in [0.29, 0.717) is 10.9 Å². The molecule has 4 heteroatoms. The lowest BCUT2D eigenvalue weighted by atomic mass is 10.1. The molecule has 0 radical (unpaired) electrons. The molecule has 1 aromatic heterocycles.